The number of fused-ring (bicyclic) bond motifs is 1. The second-order valence-electron chi connectivity index (χ2n) is 6.19. The Bertz CT molecular complexity index is 1050. The maximum absolute atomic E-state index is 13.1. The van der Waals surface area contributed by atoms with E-state index in [1.807, 2.05) is 0 Å². The lowest BCUT2D eigenvalue weighted by Gasteiger charge is -2.14. The van der Waals surface area contributed by atoms with Crippen molar-refractivity contribution in [2.24, 2.45) is 0 Å². The molecule has 0 fully saturated rings. The molecule has 0 atom stereocenters. The van der Waals surface area contributed by atoms with Gasteiger partial charge in [0, 0.05) is 18.5 Å². The van der Waals surface area contributed by atoms with Crippen molar-refractivity contribution < 1.29 is 27.4 Å². The second kappa shape index (κ2) is 8.03. The number of halogens is 3. The van der Waals surface area contributed by atoms with Crippen molar-refractivity contribution in [1.29, 1.82) is 0 Å². The summed E-state index contributed by atoms with van der Waals surface area (Å²) in [4.78, 5) is 20.8. The van der Waals surface area contributed by atoms with Crippen LogP contribution in [0.5, 0.6) is 5.75 Å². The minimum Gasteiger partial charge on any atom is -0.489 e. The summed E-state index contributed by atoms with van der Waals surface area (Å²) in [5.41, 5.74) is 0.325. The molecule has 0 spiro atoms. The van der Waals surface area contributed by atoms with Crippen molar-refractivity contribution in [2.75, 3.05) is 25.6 Å². The molecule has 1 aromatic carbocycles. The monoisotopic (exact) mass is 409 g/mol. The van der Waals surface area contributed by atoms with Gasteiger partial charge in [0.25, 0.3) is 11.7 Å². The number of aromatic nitrogens is 4. The smallest absolute Gasteiger partial charge is 0.416 e. The molecule has 0 radical (unpaired) electrons. The Hall–Kier alpha value is -3.21. The number of hydrogen-bond donors (Lipinski definition) is 1. The van der Waals surface area contributed by atoms with Crippen LogP contribution in [0.25, 0.3) is 5.78 Å². The van der Waals surface area contributed by atoms with Crippen LogP contribution in [0.3, 0.4) is 0 Å². The maximum atomic E-state index is 13.1. The Morgan fingerprint density at radius 1 is 1.17 bits per heavy atom. The Morgan fingerprint density at radius 2 is 1.93 bits per heavy atom. The minimum atomic E-state index is -4.58. The minimum absolute atomic E-state index is 0.0670. The molecule has 1 amide bonds. The summed E-state index contributed by atoms with van der Waals surface area (Å²) < 4.78 is 50.9. The van der Waals surface area contributed by atoms with Crippen LogP contribution in [0.4, 0.5) is 18.9 Å². The zero-order valence-corrected chi connectivity index (χ0v) is 15.9. The zero-order chi connectivity index (χ0) is 21.2. The van der Waals surface area contributed by atoms with Crippen LogP contribution >= 0.6 is 0 Å². The van der Waals surface area contributed by atoms with Gasteiger partial charge in [-0.1, -0.05) is 0 Å². The molecule has 8 nitrogen and oxygen atoms in total. The number of methoxy groups -OCH3 is 1. The number of ether oxygens (including phenoxy) is 2. The van der Waals surface area contributed by atoms with E-state index in [1.165, 1.54) is 11.6 Å². The number of carbonyl (C=O) groups is 1. The van der Waals surface area contributed by atoms with Crippen molar-refractivity contribution in [1.82, 2.24) is 19.6 Å². The number of nitrogens with zero attached hydrogens (tertiary/aromatic N) is 4. The quantitative estimate of drug-likeness (QED) is 0.630. The van der Waals surface area contributed by atoms with Crippen LogP contribution in [0.1, 0.15) is 27.6 Å². The normalized spacial score (nSPS) is 11.7. The van der Waals surface area contributed by atoms with E-state index in [0.29, 0.717) is 11.4 Å². The molecule has 0 saturated carbocycles. The topological polar surface area (TPSA) is 90.6 Å². The van der Waals surface area contributed by atoms with Gasteiger partial charge < -0.3 is 14.8 Å². The van der Waals surface area contributed by atoms with Crippen LogP contribution in [-0.2, 0) is 10.9 Å². The molecule has 29 heavy (non-hydrogen) atoms. The molecule has 0 bridgehead atoms. The highest BCUT2D eigenvalue weighted by molar-refractivity contribution is 6.02. The summed E-state index contributed by atoms with van der Waals surface area (Å²) >= 11 is 0. The molecular formula is C18H18F3N5O3. The first-order valence-corrected chi connectivity index (χ1v) is 8.54. The van der Waals surface area contributed by atoms with Crippen LogP contribution in [0, 0.1) is 13.8 Å². The number of nitrogens with one attached hydrogen (secondary N) is 1. The molecule has 0 aliphatic rings. The number of rotatable bonds is 6. The summed E-state index contributed by atoms with van der Waals surface area (Å²) in [5.74, 6) is -0.736. The first-order chi connectivity index (χ1) is 13.7. The van der Waals surface area contributed by atoms with Gasteiger partial charge in [-0.2, -0.15) is 18.2 Å². The molecule has 2 aromatic heterocycles. The van der Waals surface area contributed by atoms with E-state index in [2.05, 4.69) is 20.4 Å². The molecule has 0 aliphatic carbocycles. The maximum Gasteiger partial charge on any atom is 0.416 e. The fourth-order valence-electron chi connectivity index (χ4n) is 2.61. The predicted octanol–water partition coefficient (Wildman–Crippen LogP) is 3.04. The van der Waals surface area contributed by atoms with E-state index in [9.17, 15) is 18.0 Å². The van der Waals surface area contributed by atoms with Crippen molar-refractivity contribution in [3.8, 4) is 5.75 Å². The fraction of sp³-hybridized carbons (Fsp3) is 0.333. The summed E-state index contributed by atoms with van der Waals surface area (Å²) in [6.45, 7) is 3.87. The van der Waals surface area contributed by atoms with Crippen LogP contribution in [0.2, 0.25) is 0 Å². The third kappa shape index (κ3) is 4.62. The second-order valence-corrected chi connectivity index (χ2v) is 6.19. The Labute approximate surface area is 163 Å². The highest BCUT2D eigenvalue weighted by Crippen LogP contribution is 2.35. The largest absolute Gasteiger partial charge is 0.489 e. The highest BCUT2D eigenvalue weighted by atomic mass is 19.4. The summed E-state index contributed by atoms with van der Waals surface area (Å²) in [5, 5.41) is 6.46. The third-order valence-corrected chi connectivity index (χ3v) is 3.92. The predicted molar refractivity (Wildman–Crippen MR) is 97.0 cm³/mol. The molecule has 2 heterocycles. The molecule has 11 heteroatoms. The van der Waals surface area contributed by atoms with Gasteiger partial charge in [-0.15, -0.1) is 5.10 Å². The third-order valence-electron chi connectivity index (χ3n) is 3.92. The number of anilines is 1. The van der Waals surface area contributed by atoms with Crippen molar-refractivity contribution >= 4 is 17.4 Å². The molecule has 1 N–H and O–H groups in total. The van der Waals surface area contributed by atoms with Gasteiger partial charge in [-0.05, 0) is 38.1 Å². The van der Waals surface area contributed by atoms with E-state index < -0.39 is 17.6 Å². The van der Waals surface area contributed by atoms with Gasteiger partial charge in [-0.3, -0.25) is 4.79 Å². The van der Waals surface area contributed by atoms with Crippen LogP contribution in [-0.4, -0.2) is 45.8 Å². The average Bonchev–Trinajstić information content (AvgIpc) is 3.06. The number of hydrogen-bond acceptors (Lipinski definition) is 6. The van der Waals surface area contributed by atoms with E-state index in [4.69, 9.17) is 9.47 Å². The molecule has 0 saturated heterocycles. The Kier molecular flexibility index (Phi) is 5.69. The molecule has 3 rings (SSSR count). The van der Waals surface area contributed by atoms with E-state index in [0.717, 1.165) is 18.2 Å². The molecular weight excluding hydrogens is 391 g/mol. The first-order valence-electron chi connectivity index (χ1n) is 8.54. The zero-order valence-electron chi connectivity index (χ0n) is 15.9. The van der Waals surface area contributed by atoms with E-state index in [1.54, 1.807) is 19.9 Å². The van der Waals surface area contributed by atoms with Crippen molar-refractivity contribution in [2.45, 2.75) is 20.0 Å². The number of alkyl halides is 3. The average molecular weight is 409 g/mol. The van der Waals surface area contributed by atoms with Gasteiger partial charge in [0.2, 0.25) is 5.82 Å². The van der Waals surface area contributed by atoms with Gasteiger partial charge in [-0.25, -0.2) is 9.50 Å². The SMILES string of the molecule is COCCOc1ccc(C(F)(F)F)cc1NC(=O)c1nc2nc(C)cc(C)n2n1. The molecule has 0 unspecified atom stereocenters. The van der Waals surface area contributed by atoms with Crippen molar-refractivity contribution in [3.63, 3.8) is 0 Å². The van der Waals surface area contributed by atoms with Gasteiger partial charge in [0.05, 0.1) is 17.9 Å². The lowest BCUT2D eigenvalue weighted by Crippen LogP contribution is -2.16. The van der Waals surface area contributed by atoms with Gasteiger partial charge in [0.15, 0.2) is 0 Å². The standard InChI is InChI=1S/C18H18F3N5O3/c1-10-8-11(2)26-17(22-10)24-15(25-26)16(27)23-13-9-12(18(19,20)21)4-5-14(13)29-7-6-28-3/h4-5,8-9H,6-7H2,1-3H3,(H,23,27). The Morgan fingerprint density at radius 3 is 2.62 bits per heavy atom. The number of carbonyl (C=O) groups excluding carboxylic acids is 1. The van der Waals surface area contributed by atoms with Crippen LogP contribution in [0.15, 0.2) is 24.3 Å². The highest BCUT2D eigenvalue weighted by Gasteiger charge is 2.31. The molecule has 0 aliphatic heterocycles. The number of benzene rings is 1. The Balaban J connectivity index is 1.92. The lowest BCUT2D eigenvalue weighted by molar-refractivity contribution is -0.137. The number of amides is 1. The van der Waals surface area contributed by atoms with Gasteiger partial charge >= 0.3 is 6.18 Å². The summed E-state index contributed by atoms with van der Waals surface area (Å²) in [6.07, 6.45) is -4.58. The lowest BCUT2D eigenvalue weighted by atomic mass is 10.1. The van der Waals surface area contributed by atoms with E-state index in [-0.39, 0.29) is 36.3 Å². The van der Waals surface area contributed by atoms with Crippen LogP contribution < -0.4 is 10.1 Å². The van der Waals surface area contributed by atoms with Crippen molar-refractivity contribution in [3.05, 3.63) is 47.0 Å². The number of aryl methyl sites for hydroxylation is 2. The van der Waals surface area contributed by atoms with E-state index >= 15 is 0 Å². The molecule has 3 aromatic rings. The first kappa shape index (κ1) is 20.5. The summed E-state index contributed by atoms with van der Waals surface area (Å²) in [7, 11) is 1.46. The summed E-state index contributed by atoms with van der Waals surface area (Å²) in [6, 6.07) is 4.57. The molecule has 154 valence electrons. The fourth-order valence-corrected chi connectivity index (χ4v) is 2.61. The van der Waals surface area contributed by atoms with Gasteiger partial charge in [0.1, 0.15) is 12.4 Å².